The van der Waals surface area contributed by atoms with E-state index in [0.29, 0.717) is 19.8 Å². The molecule has 0 unspecified atom stereocenters. The summed E-state index contributed by atoms with van der Waals surface area (Å²) in [5, 5.41) is 14.9. The highest BCUT2D eigenvalue weighted by atomic mass is 16.5. The first kappa shape index (κ1) is 12.5. The molecule has 0 saturated carbocycles. The van der Waals surface area contributed by atoms with E-state index < -0.39 is 6.10 Å². The Labute approximate surface area is 102 Å². The molecule has 5 nitrogen and oxygen atoms in total. The van der Waals surface area contributed by atoms with E-state index in [1.165, 1.54) is 0 Å². The van der Waals surface area contributed by atoms with Gasteiger partial charge in [0.05, 0.1) is 5.69 Å². The van der Waals surface area contributed by atoms with Crippen molar-refractivity contribution in [3.8, 4) is 0 Å². The zero-order chi connectivity index (χ0) is 12.5. The van der Waals surface area contributed by atoms with Crippen molar-refractivity contribution in [1.82, 2.24) is 9.78 Å². The third kappa shape index (κ3) is 2.22. The number of ether oxygens (including phenoxy) is 1. The SMILES string of the molecule is Cc1cc([C@H](O)C2(CN)CCOCC2)nn1C. The van der Waals surface area contributed by atoms with E-state index in [0.717, 1.165) is 24.2 Å². The van der Waals surface area contributed by atoms with Crippen LogP contribution >= 0.6 is 0 Å². The second-order valence-corrected chi connectivity index (χ2v) is 4.92. The highest BCUT2D eigenvalue weighted by molar-refractivity contribution is 5.14. The molecule has 1 atom stereocenters. The molecule has 1 saturated heterocycles. The molecule has 17 heavy (non-hydrogen) atoms. The van der Waals surface area contributed by atoms with Crippen molar-refractivity contribution in [1.29, 1.82) is 0 Å². The maximum Gasteiger partial charge on any atom is 0.105 e. The third-order valence-electron chi connectivity index (χ3n) is 3.89. The van der Waals surface area contributed by atoms with Crippen LogP contribution in [0.1, 0.15) is 30.3 Å². The first-order chi connectivity index (χ1) is 8.09. The van der Waals surface area contributed by atoms with Crippen LogP contribution in [-0.4, -0.2) is 34.6 Å². The Morgan fingerprint density at radius 3 is 2.71 bits per heavy atom. The minimum absolute atomic E-state index is 0.279. The molecule has 96 valence electrons. The van der Waals surface area contributed by atoms with Gasteiger partial charge in [0.2, 0.25) is 0 Å². The number of nitrogens with two attached hydrogens (primary N) is 1. The highest BCUT2D eigenvalue weighted by Crippen LogP contribution is 2.41. The summed E-state index contributed by atoms with van der Waals surface area (Å²) in [4.78, 5) is 0. The van der Waals surface area contributed by atoms with Crippen molar-refractivity contribution < 1.29 is 9.84 Å². The van der Waals surface area contributed by atoms with Crippen molar-refractivity contribution in [2.75, 3.05) is 19.8 Å². The van der Waals surface area contributed by atoms with Gasteiger partial charge in [-0.05, 0) is 25.8 Å². The minimum atomic E-state index is -0.601. The fourth-order valence-corrected chi connectivity index (χ4v) is 2.40. The topological polar surface area (TPSA) is 73.3 Å². The van der Waals surface area contributed by atoms with Crippen LogP contribution in [0.15, 0.2) is 6.07 Å². The van der Waals surface area contributed by atoms with Crippen LogP contribution < -0.4 is 5.73 Å². The molecular formula is C12H21N3O2. The van der Waals surface area contributed by atoms with Crippen LogP contribution in [-0.2, 0) is 11.8 Å². The lowest BCUT2D eigenvalue weighted by molar-refractivity contribution is -0.0599. The summed E-state index contributed by atoms with van der Waals surface area (Å²) in [7, 11) is 1.88. The Morgan fingerprint density at radius 2 is 2.24 bits per heavy atom. The normalized spacial score (nSPS) is 21.4. The molecule has 1 aliphatic heterocycles. The summed E-state index contributed by atoms with van der Waals surface area (Å²) >= 11 is 0. The summed E-state index contributed by atoms with van der Waals surface area (Å²) in [5.41, 5.74) is 7.35. The first-order valence-corrected chi connectivity index (χ1v) is 6.05. The van der Waals surface area contributed by atoms with E-state index in [2.05, 4.69) is 5.10 Å². The van der Waals surface area contributed by atoms with Crippen LogP contribution in [0.5, 0.6) is 0 Å². The second kappa shape index (κ2) is 4.76. The number of hydrogen-bond acceptors (Lipinski definition) is 4. The number of aliphatic hydroxyl groups excluding tert-OH is 1. The molecule has 2 rings (SSSR count). The van der Waals surface area contributed by atoms with E-state index in [1.807, 2.05) is 20.0 Å². The van der Waals surface area contributed by atoms with Crippen LogP contribution in [0, 0.1) is 12.3 Å². The van der Waals surface area contributed by atoms with Crippen molar-refractivity contribution in [3.63, 3.8) is 0 Å². The van der Waals surface area contributed by atoms with Crippen molar-refractivity contribution in [2.24, 2.45) is 18.2 Å². The van der Waals surface area contributed by atoms with Gasteiger partial charge in [0.1, 0.15) is 6.10 Å². The Bertz CT molecular complexity index is 364. The van der Waals surface area contributed by atoms with E-state index in [9.17, 15) is 5.11 Å². The molecular weight excluding hydrogens is 218 g/mol. The summed E-state index contributed by atoms with van der Waals surface area (Å²) in [6, 6.07) is 1.93. The molecule has 2 heterocycles. The van der Waals surface area contributed by atoms with Crippen molar-refractivity contribution in [3.05, 3.63) is 17.5 Å². The van der Waals surface area contributed by atoms with Gasteiger partial charge in [-0.15, -0.1) is 0 Å². The summed E-state index contributed by atoms with van der Waals surface area (Å²) in [5.74, 6) is 0. The largest absolute Gasteiger partial charge is 0.386 e. The van der Waals surface area contributed by atoms with E-state index >= 15 is 0 Å². The molecule has 3 N–H and O–H groups in total. The molecule has 1 aromatic rings. The van der Waals surface area contributed by atoms with Gasteiger partial charge in [-0.1, -0.05) is 0 Å². The molecule has 1 aliphatic rings. The van der Waals surface area contributed by atoms with Gasteiger partial charge in [-0.2, -0.15) is 5.10 Å². The number of aryl methyl sites for hydroxylation is 2. The molecule has 0 amide bonds. The van der Waals surface area contributed by atoms with Crippen molar-refractivity contribution >= 4 is 0 Å². The maximum absolute atomic E-state index is 10.5. The maximum atomic E-state index is 10.5. The predicted octanol–water partition coefficient (Wildman–Crippen LogP) is 0.517. The minimum Gasteiger partial charge on any atom is -0.386 e. The Morgan fingerprint density at radius 1 is 1.59 bits per heavy atom. The number of hydrogen-bond donors (Lipinski definition) is 2. The van der Waals surface area contributed by atoms with Gasteiger partial charge in [0, 0.05) is 37.9 Å². The van der Waals surface area contributed by atoms with Gasteiger partial charge in [0.25, 0.3) is 0 Å². The standard InChI is InChI=1S/C12H21N3O2/c1-9-7-10(14-15(9)2)11(16)12(8-13)3-5-17-6-4-12/h7,11,16H,3-6,8,13H2,1-2H3/t11-/m0/s1. The summed E-state index contributed by atoms with van der Waals surface area (Å²) < 4.78 is 7.13. The molecule has 0 spiro atoms. The highest BCUT2D eigenvalue weighted by Gasteiger charge is 2.40. The van der Waals surface area contributed by atoms with E-state index in [1.54, 1.807) is 4.68 Å². The average molecular weight is 239 g/mol. The average Bonchev–Trinajstić information content (AvgIpc) is 2.69. The van der Waals surface area contributed by atoms with Gasteiger partial charge < -0.3 is 15.6 Å². The smallest absolute Gasteiger partial charge is 0.105 e. The molecule has 1 aromatic heterocycles. The van der Waals surface area contributed by atoms with Gasteiger partial charge in [-0.3, -0.25) is 4.68 Å². The Kier molecular flexibility index (Phi) is 3.51. The quantitative estimate of drug-likeness (QED) is 0.806. The number of nitrogens with zero attached hydrogens (tertiary/aromatic N) is 2. The lowest BCUT2D eigenvalue weighted by Crippen LogP contribution is -2.41. The third-order valence-corrected chi connectivity index (χ3v) is 3.89. The molecule has 5 heteroatoms. The monoisotopic (exact) mass is 239 g/mol. The molecule has 0 bridgehead atoms. The molecule has 0 aliphatic carbocycles. The second-order valence-electron chi connectivity index (χ2n) is 4.92. The van der Waals surface area contributed by atoms with Gasteiger partial charge in [-0.25, -0.2) is 0 Å². The summed E-state index contributed by atoms with van der Waals surface area (Å²) in [6.07, 6.45) is 0.983. The molecule has 1 fully saturated rings. The molecule has 0 radical (unpaired) electrons. The van der Waals surface area contributed by atoms with Crippen molar-refractivity contribution in [2.45, 2.75) is 25.9 Å². The lowest BCUT2D eigenvalue weighted by atomic mass is 9.74. The van der Waals surface area contributed by atoms with Crippen LogP contribution in [0.3, 0.4) is 0 Å². The van der Waals surface area contributed by atoms with Crippen LogP contribution in [0.25, 0.3) is 0 Å². The van der Waals surface area contributed by atoms with Gasteiger partial charge in [0.15, 0.2) is 0 Å². The van der Waals surface area contributed by atoms with E-state index in [-0.39, 0.29) is 5.41 Å². The number of aromatic nitrogens is 2. The predicted molar refractivity (Wildman–Crippen MR) is 64.4 cm³/mol. The number of aliphatic hydroxyl groups is 1. The zero-order valence-corrected chi connectivity index (χ0v) is 10.5. The summed E-state index contributed by atoms with van der Waals surface area (Å²) in [6.45, 7) is 3.77. The Balaban J connectivity index is 2.24. The Hall–Kier alpha value is -0.910. The first-order valence-electron chi connectivity index (χ1n) is 6.05. The molecule has 0 aromatic carbocycles. The zero-order valence-electron chi connectivity index (χ0n) is 10.5. The lowest BCUT2D eigenvalue weighted by Gasteiger charge is -2.39. The fraction of sp³-hybridized carbons (Fsp3) is 0.750. The fourth-order valence-electron chi connectivity index (χ4n) is 2.40. The van der Waals surface area contributed by atoms with Gasteiger partial charge >= 0.3 is 0 Å². The van der Waals surface area contributed by atoms with E-state index in [4.69, 9.17) is 10.5 Å². The number of rotatable bonds is 3. The van der Waals surface area contributed by atoms with Crippen LogP contribution in [0.4, 0.5) is 0 Å². The van der Waals surface area contributed by atoms with Crippen LogP contribution in [0.2, 0.25) is 0 Å².